The lowest BCUT2D eigenvalue weighted by molar-refractivity contribution is -0.123. The zero-order valence-electron chi connectivity index (χ0n) is 17.8. The second-order valence-electron chi connectivity index (χ2n) is 6.75. The van der Waals surface area contributed by atoms with Crippen LogP contribution >= 0.6 is 11.8 Å². The molecule has 0 spiro atoms. The van der Waals surface area contributed by atoms with E-state index in [9.17, 15) is 9.59 Å². The van der Waals surface area contributed by atoms with Crippen molar-refractivity contribution in [2.24, 2.45) is 0 Å². The van der Waals surface area contributed by atoms with Crippen LogP contribution in [0.3, 0.4) is 0 Å². The van der Waals surface area contributed by atoms with Crippen molar-refractivity contribution in [3.63, 3.8) is 0 Å². The van der Waals surface area contributed by atoms with Crippen LogP contribution in [0.25, 0.3) is 6.08 Å². The molecule has 0 saturated carbocycles. The van der Waals surface area contributed by atoms with E-state index < -0.39 is 0 Å². The van der Waals surface area contributed by atoms with Crippen LogP contribution in [0.5, 0.6) is 17.2 Å². The van der Waals surface area contributed by atoms with Crippen molar-refractivity contribution in [2.75, 3.05) is 40.6 Å². The Balaban J connectivity index is 1.64. The summed E-state index contributed by atoms with van der Waals surface area (Å²) in [6.45, 7) is 3.25. The van der Waals surface area contributed by atoms with Crippen molar-refractivity contribution in [2.45, 2.75) is 6.92 Å². The van der Waals surface area contributed by atoms with Crippen LogP contribution in [-0.2, 0) is 9.53 Å². The van der Waals surface area contributed by atoms with Gasteiger partial charge in [0.15, 0.2) is 11.5 Å². The lowest BCUT2D eigenvalue weighted by atomic mass is 10.2. The summed E-state index contributed by atoms with van der Waals surface area (Å²) >= 11 is 0.914. The van der Waals surface area contributed by atoms with Gasteiger partial charge >= 0.3 is 0 Å². The topological polar surface area (TPSA) is 74.3 Å². The third-order valence-electron chi connectivity index (χ3n) is 4.48. The predicted octanol–water partition coefficient (Wildman–Crippen LogP) is 4.14. The fourth-order valence-electron chi connectivity index (χ4n) is 2.93. The standard InChI is InChI=1S/C23H25NO6S/c1-16-5-4-6-18(13-16)29-10-9-24-22(25)21(31-23(24)26)15-17-7-8-19(20(14-17)28-3)30-12-11-27-2/h4-8,13-15H,9-12H2,1-3H3/b21-15-. The molecular formula is C23H25NO6S. The predicted molar refractivity (Wildman–Crippen MR) is 120 cm³/mol. The minimum absolute atomic E-state index is 0.186. The second kappa shape index (κ2) is 10.9. The summed E-state index contributed by atoms with van der Waals surface area (Å²) in [5.41, 5.74) is 1.81. The zero-order valence-corrected chi connectivity index (χ0v) is 18.6. The highest BCUT2D eigenvalue weighted by Crippen LogP contribution is 2.34. The average molecular weight is 444 g/mol. The SMILES string of the molecule is COCCOc1ccc(/C=C2\SC(=O)N(CCOc3cccc(C)c3)C2=O)cc1OC. The van der Waals surface area contributed by atoms with Gasteiger partial charge in [-0.05, 0) is 60.2 Å². The molecular weight excluding hydrogens is 418 g/mol. The summed E-state index contributed by atoms with van der Waals surface area (Å²) in [5.74, 6) is 1.50. The number of ether oxygens (including phenoxy) is 4. The summed E-state index contributed by atoms with van der Waals surface area (Å²) < 4.78 is 21.6. The van der Waals surface area contributed by atoms with Gasteiger partial charge in [0.2, 0.25) is 0 Å². The summed E-state index contributed by atoms with van der Waals surface area (Å²) in [6.07, 6.45) is 1.67. The summed E-state index contributed by atoms with van der Waals surface area (Å²) in [4.78, 5) is 26.6. The number of imide groups is 1. The van der Waals surface area contributed by atoms with E-state index in [1.54, 1.807) is 38.5 Å². The zero-order chi connectivity index (χ0) is 22.2. The van der Waals surface area contributed by atoms with E-state index in [-0.39, 0.29) is 24.3 Å². The summed E-state index contributed by atoms with van der Waals surface area (Å²) in [5, 5.41) is -0.310. The molecule has 1 aliphatic rings. The molecule has 0 N–H and O–H groups in total. The monoisotopic (exact) mass is 443 g/mol. The number of carbonyl (C=O) groups excluding carboxylic acids is 2. The largest absolute Gasteiger partial charge is 0.493 e. The quantitative estimate of drug-likeness (QED) is 0.403. The number of hydrogen-bond acceptors (Lipinski definition) is 7. The smallest absolute Gasteiger partial charge is 0.293 e. The minimum Gasteiger partial charge on any atom is -0.493 e. The first-order valence-corrected chi connectivity index (χ1v) is 10.6. The van der Waals surface area contributed by atoms with Crippen LogP contribution in [0, 0.1) is 6.92 Å². The Kier molecular flexibility index (Phi) is 7.97. The van der Waals surface area contributed by atoms with E-state index in [0.29, 0.717) is 35.4 Å². The number of rotatable bonds is 10. The molecule has 1 aliphatic heterocycles. The molecule has 1 fully saturated rings. The van der Waals surface area contributed by atoms with Gasteiger partial charge in [0.25, 0.3) is 11.1 Å². The van der Waals surface area contributed by atoms with Crippen molar-refractivity contribution in [1.29, 1.82) is 0 Å². The number of hydrogen-bond donors (Lipinski definition) is 0. The number of methoxy groups -OCH3 is 2. The lowest BCUT2D eigenvalue weighted by Gasteiger charge is -2.13. The molecule has 2 amide bonds. The molecule has 0 bridgehead atoms. The molecule has 1 saturated heterocycles. The van der Waals surface area contributed by atoms with Gasteiger partial charge in [0.05, 0.1) is 25.2 Å². The number of thioether (sulfide) groups is 1. The Labute approximate surface area is 185 Å². The van der Waals surface area contributed by atoms with Crippen LogP contribution in [0.4, 0.5) is 4.79 Å². The Morgan fingerprint density at radius 2 is 1.81 bits per heavy atom. The molecule has 0 unspecified atom stereocenters. The van der Waals surface area contributed by atoms with Crippen molar-refractivity contribution in [3.05, 3.63) is 58.5 Å². The summed E-state index contributed by atoms with van der Waals surface area (Å²) in [6, 6.07) is 13.0. The maximum atomic E-state index is 12.7. The van der Waals surface area contributed by atoms with Gasteiger partial charge in [0.1, 0.15) is 19.0 Å². The van der Waals surface area contributed by atoms with Crippen LogP contribution in [0.15, 0.2) is 47.4 Å². The average Bonchev–Trinajstić information content (AvgIpc) is 3.02. The van der Waals surface area contributed by atoms with Gasteiger partial charge < -0.3 is 18.9 Å². The Morgan fingerprint density at radius 3 is 2.55 bits per heavy atom. The van der Waals surface area contributed by atoms with Crippen LogP contribution in [0.2, 0.25) is 0 Å². The maximum Gasteiger partial charge on any atom is 0.293 e. The fraction of sp³-hybridized carbons (Fsp3) is 0.304. The molecule has 0 aromatic heterocycles. The first-order chi connectivity index (χ1) is 15.0. The summed E-state index contributed by atoms with van der Waals surface area (Å²) in [7, 11) is 3.15. The molecule has 0 atom stereocenters. The van der Waals surface area contributed by atoms with E-state index in [0.717, 1.165) is 22.9 Å². The molecule has 2 aromatic rings. The van der Waals surface area contributed by atoms with Gasteiger partial charge in [-0.25, -0.2) is 0 Å². The lowest BCUT2D eigenvalue weighted by Crippen LogP contribution is -2.32. The van der Waals surface area contributed by atoms with Crippen molar-refractivity contribution >= 4 is 29.0 Å². The Morgan fingerprint density at radius 1 is 0.968 bits per heavy atom. The number of amides is 2. The Hall–Kier alpha value is -2.97. The van der Waals surface area contributed by atoms with Crippen LogP contribution in [0.1, 0.15) is 11.1 Å². The number of carbonyl (C=O) groups is 2. The highest BCUT2D eigenvalue weighted by Gasteiger charge is 2.34. The van der Waals surface area contributed by atoms with Gasteiger partial charge in [-0.15, -0.1) is 0 Å². The number of benzene rings is 2. The molecule has 2 aromatic carbocycles. The first-order valence-electron chi connectivity index (χ1n) is 9.76. The Bertz CT molecular complexity index is 974. The van der Waals surface area contributed by atoms with Crippen molar-refractivity contribution in [1.82, 2.24) is 4.90 Å². The van der Waals surface area contributed by atoms with Gasteiger partial charge in [-0.2, -0.15) is 0 Å². The number of aryl methyl sites for hydroxylation is 1. The van der Waals surface area contributed by atoms with E-state index in [2.05, 4.69) is 0 Å². The second-order valence-corrected chi connectivity index (χ2v) is 7.74. The molecule has 31 heavy (non-hydrogen) atoms. The molecule has 7 nitrogen and oxygen atoms in total. The van der Waals surface area contributed by atoms with Gasteiger partial charge in [-0.3, -0.25) is 14.5 Å². The number of nitrogens with zero attached hydrogens (tertiary/aromatic N) is 1. The maximum absolute atomic E-state index is 12.7. The fourth-order valence-corrected chi connectivity index (χ4v) is 3.80. The van der Waals surface area contributed by atoms with Crippen molar-refractivity contribution in [3.8, 4) is 17.2 Å². The van der Waals surface area contributed by atoms with E-state index >= 15 is 0 Å². The highest BCUT2D eigenvalue weighted by molar-refractivity contribution is 8.18. The van der Waals surface area contributed by atoms with Crippen LogP contribution in [-0.4, -0.2) is 56.6 Å². The molecule has 0 aliphatic carbocycles. The molecule has 3 rings (SSSR count). The molecule has 8 heteroatoms. The molecule has 0 radical (unpaired) electrons. The van der Waals surface area contributed by atoms with Crippen molar-refractivity contribution < 1.29 is 28.5 Å². The van der Waals surface area contributed by atoms with Gasteiger partial charge in [-0.1, -0.05) is 18.2 Å². The third-order valence-corrected chi connectivity index (χ3v) is 5.38. The van der Waals surface area contributed by atoms with E-state index in [1.165, 1.54) is 4.90 Å². The minimum atomic E-state index is -0.331. The van der Waals surface area contributed by atoms with E-state index in [4.69, 9.17) is 18.9 Å². The molecule has 164 valence electrons. The molecule has 1 heterocycles. The third kappa shape index (κ3) is 6.02. The highest BCUT2D eigenvalue weighted by atomic mass is 32.2. The first kappa shape index (κ1) is 22.7. The normalized spacial score (nSPS) is 14.9. The van der Waals surface area contributed by atoms with Gasteiger partial charge in [0, 0.05) is 7.11 Å². The van der Waals surface area contributed by atoms with E-state index in [1.807, 2.05) is 31.2 Å². The van der Waals surface area contributed by atoms with Crippen LogP contribution < -0.4 is 14.2 Å².